The fourth-order valence-corrected chi connectivity index (χ4v) is 1.94. The van der Waals surface area contributed by atoms with E-state index >= 15 is 0 Å². The molecule has 0 fully saturated rings. The van der Waals surface area contributed by atoms with Crippen LogP contribution in [0.3, 0.4) is 0 Å². The minimum Gasteiger partial charge on any atom is -0.358 e. The van der Waals surface area contributed by atoms with Crippen LogP contribution in [0.25, 0.3) is 5.65 Å². The second kappa shape index (κ2) is 5.82. The summed E-state index contributed by atoms with van der Waals surface area (Å²) >= 11 is 0. The summed E-state index contributed by atoms with van der Waals surface area (Å²) in [6.07, 6.45) is 5.58. The van der Waals surface area contributed by atoms with E-state index in [9.17, 15) is 0 Å². The third-order valence-corrected chi connectivity index (χ3v) is 3.05. The Balaban J connectivity index is 2.13. The van der Waals surface area contributed by atoms with Gasteiger partial charge in [0, 0.05) is 20.1 Å². The van der Waals surface area contributed by atoms with E-state index in [4.69, 9.17) is 5.73 Å². The lowest BCUT2D eigenvalue weighted by atomic mass is 10.2. The monoisotopic (exact) mass is 247 g/mol. The fraction of sp³-hybridized carbons (Fsp3) is 0.538. The van der Waals surface area contributed by atoms with Crippen molar-refractivity contribution in [3.8, 4) is 0 Å². The van der Waals surface area contributed by atoms with E-state index in [2.05, 4.69) is 29.0 Å². The predicted molar refractivity (Wildman–Crippen MR) is 73.7 cm³/mol. The molecule has 0 atom stereocenters. The Kier molecular flexibility index (Phi) is 4.15. The van der Waals surface area contributed by atoms with Crippen LogP contribution >= 0.6 is 0 Å². The van der Waals surface area contributed by atoms with E-state index in [1.165, 1.54) is 19.3 Å². The Hall–Kier alpha value is -1.62. The van der Waals surface area contributed by atoms with Gasteiger partial charge < -0.3 is 10.6 Å². The lowest BCUT2D eigenvalue weighted by molar-refractivity contribution is 0.696. The first-order chi connectivity index (χ1) is 8.74. The summed E-state index contributed by atoms with van der Waals surface area (Å²) in [6.45, 7) is 3.69. The van der Waals surface area contributed by atoms with Gasteiger partial charge in [-0.05, 0) is 18.6 Å². The van der Waals surface area contributed by atoms with E-state index in [1.807, 2.05) is 18.3 Å². The lowest BCUT2D eigenvalue weighted by Crippen LogP contribution is -2.20. The normalized spacial score (nSPS) is 11.1. The standard InChI is InChI=1S/C13H21N5/c1-3-4-5-8-17(2)13-7-6-12-15-11(9-14)10-18(12)16-13/h6-7,10H,3-5,8-9,14H2,1-2H3. The number of rotatable bonds is 6. The minimum atomic E-state index is 0.449. The van der Waals surface area contributed by atoms with Crippen LogP contribution in [-0.2, 0) is 6.54 Å². The molecule has 0 radical (unpaired) electrons. The topological polar surface area (TPSA) is 59.5 Å². The number of aromatic nitrogens is 3. The van der Waals surface area contributed by atoms with Gasteiger partial charge in [0.2, 0.25) is 0 Å². The van der Waals surface area contributed by atoms with E-state index in [0.29, 0.717) is 6.54 Å². The summed E-state index contributed by atoms with van der Waals surface area (Å²) in [4.78, 5) is 6.54. The number of anilines is 1. The van der Waals surface area contributed by atoms with Crippen molar-refractivity contribution in [1.82, 2.24) is 14.6 Å². The number of imidazole rings is 1. The molecule has 0 bridgehead atoms. The van der Waals surface area contributed by atoms with E-state index in [0.717, 1.165) is 23.7 Å². The third-order valence-electron chi connectivity index (χ3n) is 3.05. The van der Waals surface area contributed by atoms with E-state index in [-0.39, 0.29) is 0 Å². The summed E-state index contributed by atoms with van der Waals surface area (Å²) in [5, 5.41) is 4.55. The molecule has 0 aliphatic heterocycles. The number of unbranched alkanes of at least 4 members (excludes halogenated alkanes) is 2. The van der Waals surface area contributed by atoms with Crippen molar-refractivity contribution < 1.29 is 0 Å². The number of fused-ring (bicyclic) bond motifs is 1. The molecule has 0 aliphatic carbocycles. The molecule has 2 aromatic rings. The largest absolute Gasteiger partial charge is 0.358 e. The molecular formula is C13H21N5. The van der Waals surface area contributed by atoms with Gasteiger partial charge in [-0.25, -0.2) is 9.50 Å². The molecule has 5 nitrogen and oxygen atoms in total. The molecule has 98 valence electrons. The van der Waals surface area contributed by atoms with Crippen molar-refractivity contribution >= 4 is 11.5 Å². The van der Waals surface area contributed by atoms with Gasteiger partial charge in [-0.1, -0.05) is 19.8 Å². The zero-order valence-electron chi connectivity index (χ0n) is 11.1. The van der Waals surface area contributed by atoms with Gasteiger partial charge in [-0.2, -0.15) is 0 Å². The molecule has 0 unspecified atom stereocenters. The van der Waals surface area contributed by atoms with Gasteiger partial charge in [0.15, 0.2) is 5.65 Å². The average Bonchev–Trinajstić information content (AvgIpc) is 2.80. The molecule has 0 spiro atoms. The van der Waals surface area contributed by atoms with Crippen LogP contribution < -0.4 is 10.6 Å². The van der Waals surface area contributed by atoms with Gasteiger partial charge in [0.25, 0.3) is 0 Å². The Morgan fingerprint density at radius 3 is 2.89 bits per heavy atom. The summed E-state index contributed by atoms with van der Waals surface area (Å²) in [5.74, 6) is 0.972. The number of nitrogens with two attached hydrogens (primary N) is 1. The van der Waals surface area contributed by atoms with Gasteiger partial charge in [0.05, 0.1) is 11.9 Å². The second-order valence-electron chi connectivity index (χ2n) is 4.56. The SMILES string of the molecule is CCCCCN(C)c1ccc2nc(CN)cn2n1. The first kappa shape index (κ1) is 12.8. The van der Waals surface area contributed by atoms with Gasteiger partial charge in [-0.3, -0.25) is 0 Å². The maximum Gasteiger partial charge on any atom is 0.153 e. The van der Waals surface area contributed by atoms with Crippen molar-refractivity contribution in [1.29, 1.82) is 0 Å². The zero-order valence-corrected chi connectivity index (χ0v) is 11.1. The molecule has 0 aromatic carbocycles. The molecule has 0 saturated heterocycles. The van der Waals surface area contributed by atoms with E-state index < -0.39 is 0 Å². The number of hydrogen-bond acceptors (Lipinski definition) is 4. The van der Waals surface area contributed by atoms with Gasteiger partial charge in [0.1, 0.15) is 5.82 Å². The number of nitrogens with zero attached hydrogens (tertiary/aromatic N) is 4. The van der Waals surface area contributed by atoms with Crippen LogP contribution in [0, 0.1) is 0 Å². The summed E-state index contributed by atoms with van der Waals surface area (Å²) in [7, 11) is 2.07. The van der Waals surface area contributed by atoms with Crippen LogP contribution in [0.2, 0.25) is 0 Å². The van der Waals surface area contributed by atoms with Crippen molar-refractivity contribution in [2.75, 3.05) is 18.5 Å². The molecule has 0 saturated carbocycles. The maximum atomic E-state index is 5.58. The second-order valence-corrected chi connectivity index (χ2v) is 4.56. The molecule has 2 heterocycles. The molecule has 2 N–H and O–H groups in total. The van der Waals surface area contributed by atoms with Crippen LogP contribution in [0.1, 0.15) is 31.9 Å². The van der Waals surface area contributed by atoms with Crippen molar-refractivity contribution in [3.05, 3.63) is 24.0 Å². The highest BCUT2D eigenvalue weighted by Gasteiger charge is 2.05. The Morgan fingerprint density at radius 2 is 2.17 bits per heavy atom. The summed E-state index contributed by atoms with van der Waals surface area (Å²) < 4.78 is 1.80. The first-order valence-electron chi connectivity index (χ1n) is 6.51. The molecule has 2 rings (SSSR count). The molecule has 0 aliphatic rings. The fourth-order valence-electron chi connectivity index (χ4n) is 1.94. The first-order valence-corrected chi connectivity index (χ1v) is 6.51. The molecule has 2 aromatic heterocycles. The van der Waals surface area contributed by atoms with Crippen LogP contribution in [0.5, 0.6) is 0 Å². The molecule has 18 heavy (non-hydrogen) atoms. The highest BCUT2D eigenvalue weighted by molar-refractivity contribution is 5.46. The predicted octanol–water partition coefficient (Wildman–Crippen LogP) is 1.81. The Labute approximate surface area is 108 Å². The molecule has 5 heteroatoms. The lowest BCUT2D eigenvalue weighted by Gasteiger charge is -2.17. The Morgan fingerprint density at radius 1 is 1.33 bits per heavy atom. The van der Waals surface area contributed by atoms with E-state index in [1.54, 1.807) is 4.52 Å². The van der Waals surface area contributed by atoms with Gasteiger partial charge in [-0.15, -0.1) is 5.10 Å². The molecular weight excluding hydrogens is 226 g/mol. The van der Waals surface area contributed by atoms with Crippen molar-refractivity contribution in [2.24, 2.45) is 5.73 Å². The van der Waals surface area contributed by atoms with Crippen molar-refractivity contribution in [3.63, 3.8) is 0 Å². The quantitative estimate of drug-likeness (QED) is 0.791. The number of hydrogen-bond donors (Lipinski definition) is 1. The van der Waals surface area contributed by atoms with Crippen LogP contribution in [0.15, 0.2) is 18.3 Å². The van der Waals surface area contributed by atoms with Crippen molar-refractivity contribution in [2.45, 2.75) is 32.7 Å². The zero-order chi connectivity index (χ0) is 13.0. The highest BCUT2D eigenvalue weighted by atomic mass is 15.3. The molecule has 0 amide bonds. The van der Waals surface area contributed by atoms with Crippen LogP contribution in [-0.4, -0.2) is 28.2 Å². The van der Waals surface area contributed by atoms with Gasteiger partial charge >= 0.3 is 0 Å². The smallest absolute Gasteiger partial charge is 0.153 e. The highest BCUT2D eigenvalue weighted by Crippen LogP contribution is 2.12. The van der Waals surface area contributed by atoms with Crippen LogP contribution in [0.4, 0.5) is 5.82 Å². The third kappa shape index (κ3) is 2.79. The average molecular weight is 247 g/mol. The summed E-state index contributed by atoms with van der Waals surface area (Å²) in [5.41, 5.74) is 7.30. The Bertz CT molecular complexity index is 505. The maximum absolute atomic E-state index is 5.58. The minimum absolute atomic E-state index is 0.449. The summed E-state index contributed by atoms with van der Waals surface area (Å²) in [6, 6.07) is 3.99.